The monoisotopic (exact) mass is 245 g/mol. The fraction of sp³-hybridized carbons (Fsp3) is 0.333. The molecule has 0 aromatic heterocycles. The Hall–Kier alpha value is 0.600. The normalized spacial score (nSPS) is 16.7. The van der Waals surface area contributed by atoms with Crippen molar-refractivity contribution in [2.45, 2.75) is 6.42 Å². The van der Waals surface area contributed by atoms with Crippen LogP contribution < -0.4 is 5.73 Å². The maximum atomic E-state index is 5.95. The molecule has 9 heavy (non-hydrogen) atoms. The Kier molecular flexibility index (Phi) is 3.16. The molecule has 1 rings (SSSR count). The summed E-state index contributed by atoms with van der Waals surface area (Å²) in [6.07, 6.45) is 3.12. The first-order valence-corrected chi connectivity index (χ1v) is 11.0. The van der Waals surface area contributed by atoms with E-state index in [2.05, 4.69) is 13.7 Å². The molecule has 0 unspecified atom stereocenters. The van der Waals surface area contributed by atoms with E-state index in [0.717, 1.165) is 13.0 Å². The second-order valence-corrected chi connectivity index (χ2v) is 10.1. The van der Waals surface area contributed by atoms with E-state index in [1.807, 2.05) is 0 Å². The van der Waals surface area contributed by atoms with Gasteiger partial charge >= 0.3 is 66.8 Å². The van der Waals surface area contributed by atoms with E-state index in [-0.39, 0.29) is 0 Å². The van der Waals surface area contributed by atoms with E-state index in [1.54, 1.807) is 0 Å². The van der Waals surface area contributed by atoms with Gasteiger partial charge in [-0.1, -0.05) is 0 Å². The third-order valence-electron chi connectivity index (χ3n) is 1.30. The van der Waals surface area contributed by atoms with Gasteiger partial charge in [0.05, 0.1) is 0 Å². The average molecular weight is 245 g/mol. The van der Waals surface area contributed by atoms with E-state index in [4.69, 9.17) is 14.3 Å². The van der Waals surface area contributed by atoms with Crippen LogP contribution in [0.5, 0.6) is 0 Å². The van der Waals surface area contributed by atoms with Gasteiger partial charge in [0.1, 0.15) is 0 Å². The van der Waals surface area contributed by atoms with Crippen molar-refractivity contribution >= 4 is 28.8 Å². The van der Waals surface area contributed by atoms with Gasteiger partial charge < -0.3 is 0 Å². The molecule has 1 aliphatic rings. The summed E-state index contributed by atoms with van der Waals surface area (Å²) in [4.78, 5) is 0. The van der Waals surface area contributed by atoms with Crippen molar-refractivity contribution in [2.24, 2.45) is 5.73 Å². The number of hydrogen-bond acceptors (Lipinski definition) is 1. The van der Waals surface area contributed by atoms with E-state index in [0.29, 0.717) is 0 Å². The van der Waals surface area contributed by atoms with Crippen LogP contribution >= 0.6 is 8.58 Å². The number of allylic oxidation sites excluding steroid dienone is 1. The van der Waals surface area contributed by atoms with Gasteiger partial charge in [-0.2, -0.15) is 0 Å². The standard InChI is InChI=1S/C6H9N.ClH.In/c1-3-6(2)4-5-7;;/h1-3H,4-5,7H2;1H;/q;;+1/p-1. The number of rotatable bonds is 2. The molecule has 0 aliphatic carbocycles. The molecule has 1 nitrogen and oxygen atoms in total. The van der Waals surface area contributed by atoms with Gasteiger partial charge in [-0.25, -0.2) is 0 Å². The third-order valence-corrected chi connectivity index (χ3v) is 6.85. The molecular formula is C6H9ClInN. The molecule has 2 N–H and O–H groups in total. The van der Waals surface area contributed by atoms with Gasteiger partial charge in [0.15, 0.2) is 0 Å². The Balaban J connectivity index is 2.44. The summed E-state index contributed by atoms with van der Waals surface area (Å²) in [6, 6.07) is 0. The first-order valence-electron chi connectivity index (χ1n) is 3.06. The summed E-state index contributed by atoms with van der Waals surface area (Å²) < 4.78 is 4.41. The minimum atomic E-state index is -1.66. The summed E-state index contributed by atoms with van der Waals surface area (Å²) in [7, 11) is 5.95. The number of hydrogen-bond donors (Lipinski definition) is 1. The van der Waals surface area contributed by atoms with Crippen molar-refractivity contribution in [3.05, 3.63) is 19.3 Å². The Morgan fingerprint density at radius 2 is 2.44 bits per heavy atom. The summed E-state index contributed by atoms with van der Waals surface area (Å²) in [5, 5.41) is 0. The topological polar surface area (TPSA) is 26.0 Å². The van der Waals surface area contributed by atoms with Crippen LogP contribution in [-0.4, -0.2) is 26.8 Å². The van der Waals surface area contributed by atoms with Crippen LogP contribution in [-0.2, 0) is 0 Å². The quantitative estimate of drug-likeness (QED) is 0.776. The second-order valence-electron chi connectivity index (χ2n) is 2.08. The van der Waals surface area contributed by atoms with Crippen LogP contribution in [0.4, 0.5) is 0 Å². The summed E-state index contributed by atoms with van der Waals surface area (Å²) in [5.74, 6) is 0. The summed E-state index contributed by atoms with van der Waals surface area (Å²) in [5.41, 5.74) is 6.71. The van der Waals surface area contributed by atoms with Gasteiger partial charge in [0.2, 0.25) is 0 Å². The summed E-state index contributed by atoms with van der Waals surface area (Å²) in [6.45, 7) is 0.742. The van der Waals surface area contributed by atoms with Gasteiger partial charge in [-0.05, 0) is 0 Å². The molecule has 0 saturated carbocycles. The molecule has 3 heteroatoms. The Bertz CT molecular complexity index is 153. The molecule has 1 heterocycles. The Morgan fingerprint density at radius 3 is 2.89 bits per heavy atom. The van der Waals surface area contributed by atoms with Crippen molar-refractivity contribution in [1.82, 2.24) is 0 Å². The molecule has 0 amide bonds. The molecule has 0 radical (unpaired) electrons. The molecule has 1 aliphatic heterocycles. The van der Waals surface area contributed by atoms with Gasteiger partial charge in [-0.15, -0.1) is 0 Å². The molecule has 0 bridgehead atoms. The SMILES string of the molecule is NCCC1=[CH][In]([Cl])[CH]=C1. The first-order chi connectivity index (χ1) is 4.33. The van der Waals surface area contributed by atoms with Crippen LogP contribution in [0.15, 0.2) is 19.3 Å². The zero-order valence-electron chi connectivity index (χ0n) is 5.18. The van der Waals surface area contributed by atoms with Crippen molar-refractivity contribution in [1.29, 1.82) is 0 Å². The fourth-order valence-corrected chi connectivity index (χ4v) is 5.95. The van der Waals surface area contributed by atoms with Gasteiger partial charge in [0, 0.05) is 0 Å². The van der Waals surface area contributed by atoms with Crippen molar-refractivity contribution in [3.8, 4) is 0 Å². The van der Waals surface area contributed by atoms with Crippen LogP contribution in [0.3, 0.4) is 0 Å². The maximum absolute atomic E-state index is 5.95. The first kappa shape index (κ1) is 7.70. The van der Waals surface area contributed by atoms with Crippen LogP contribution in [0, 0.1) is 0 Å². The van der Waals surface area contributed by atoms with E-state index in [1.165, 1.54) is 5.57 Å². The van der Waals surface area contributed by atoms with Crippen LogP contribution in [0.2, 0.25) is 0 Å². The van der Waals surface area contributed by atoms with Crippen molar-refractivity contribution in [3.63, 3.8) is 0 Å². The fourth-order valence-electron chi connectivity index (χ4n) is 0.864. The zero-order chi connectivity index (χ0) is 6.69. The Labute approximate surface area is 66.7 Å². The third kappa shape index (κ3) is 2.36. The van der Waals surface area contributed by atoms with E-state index in [9.17, 15) is 0 Å². The summed E-state index contributed by atoms with van der Waals surface area (Å²) >= 11 is -1.66. The molecule has 0 aromatic rings. The van der Waals surface area contributed by atoms with Crippen LogP contribution in [0.1, 0.15) is 6.42 Å². The predicted molar refractivity (Wildman–Crippen MR) is 42.5 cm³/mol. The van der Waals surface area contributed by atoms with Crippen LogP contribution in [0.25, 0.3) is 0 Å². The minimum absolute atomic E-state index is 0.742. The van der Waals surface area contributed by atoms with Crippen molar-refractivity contribution in [2.75, 3.05) is 6.54 Å². The van der Waals surface area contributed by atoms with Gasteiger partial charge in [-0.3, -0.25) is 0 Å². The number of halogens is 1. The van der Waals surface area contributed by atoms with Gasteiger partial charge in [0.25, 0.3) is 0 Å². The molecule has 0 saturated heterocycles. The molecule has 0 atom stereocenters. The van der Waals surface area contributed by atoms with E-state index < -0.39 is 20.3 Å². The molecule has 0 aromatic carbocycles. The van der Waals surface area contributed by atoms with Crippen molar-refractivity contribution < 1.29 is 0 Å². The molecular weight excluding hydrogens is 236 g/mol. The Morgan fingerprint density at radius 1 is 1.67 bits per heavy atom. The molecule has 48 valence electrons. The molecule has 0 fully saturated rings. The average Bonchev–Trinajstić information content (AvgIpc) is 2.17. The predicted octanol–water partition coefficient (Wildman–Crippen LogP) is 1.14. The second kappa shape index (κ2) is 3.69. The zero-order valence-corrected chi connectivity index (χ0v) is 9.23. The number of nitrogens with two attached hydrogens (primary N) is 1. The van der Waals surface area contributed by atoms with E-state index >= 15 is 0 Å². The molecule has 0 spiro atoms.